The molecule has 720 valence electrons. The van der Waals surface area contributed by atoms with E-state index in [1.165, 1.54) is 19.4 Å². The third-order valence-corrected chi connectivity index (χ3v) is 22.2. The minimum absolute atomic E-state index is 0.00407. The van der Waals surface area contributed by atoms with Gasteiger partial charge in [0.05, 0.1) is 12.4 Å². The van der Waals surface area contributed by atoms with Gasteiger partial charge in [0.15, 0.2) is 0 Å². The second kappa shape index (κ2) is 55.9. The summed E-state index contributed by atoms with van der Waals surface area (Å²) < 4.78 is 0. The number of nitrogens with zero attached hydrogens (tertiary/aromatic N) is 1. The molecule has 4 rings (SSSR count). The van der Waals surface area contributed by atoms with Crippen LogP contribution in [0.3, 0.4) is 0 Å². The van der Waals surface area contributed by atoms with Gasteiger partial charge in [-0.3, -0.25) is 71.9 Å². The number of hydrogen-bond donors (Lipinski definition) is 20. The summed E-state index contributed by atoms with van der Waals surface area (Å²) in [5, 5.41) is 40.0. The number of nitrogens with one attached hydrogen (secondary N) is 16. The van der Waals surface area contributed by atoms with Crippen molar-refractivity contribution in [3.63, 3.8) is 0 Å². The number of carbonyl (C=O) groups excluding carboxylic acids is 15. The van der Waals surface area contributed by atoms with E-state index in [1.54, 1.807) is 78.1 Å². The summed E-state index contributed by atoms with van der Waals surface area (Å²) in [5.41, 5.74) is 26.3. The molecule has 24 N–H and O–H groups in total. The van der Waals surface area contributed by atoms with Gasteiger partial charge in [-0.1, -0.05) is 180 Å². The monoisotopic (exact) mass is 1800 g/mol. The van der Waals surface area contributed by atoms with E-state index in [9.17, 15) is 57.5 Å². The lowest BCUT2D eigenvalue weighted by molar-refractivity contribution is -0.137. The van der Waals surface area contributed by atoms with Crippen molar-refractivity contribution in [1.29, 1.82) is 0 Å². The molecule has 4 aromatic rings. The van der Waals surface area contributed by atoms with E-state index >= 15 is 14.4 Å². The van der Waals surface area contributed by atoms with Crippen LogP contribution >= 0.6 is 0 Å². The van der Waals surface area contributed by atoms with Crippen molar-refractivity contribution in [3.8, 4) is 0 Å². The number of fused-ring (bicyclic) bond motifs is 1. The molecule has 36 heteroatoms. The Morgan fingerprint density at radius 2 is 0.698 bits per heavy atom. The molecule has 0 aliphatic heterocycles. The molecule has 129 heavy (non-hydrogen) atoms. The number of nitrogens with two attached hydrogens (primary N) is 4. The van der Waals surface area contributed by atoms with Crippen LogP contribution in [-0.4, -0.2) is 207 Å². The lowest BCUT2D eigenvalue weighted by Gasteiger charge is -2.30. The fourth-order valence-corrected chi connectivity index (χ4v) is 14.9. The van der Waals surface area contributed by atoms with Gasteiger partial charge in [-0.05, 0) is 168 Å². The number of aromatic nitrogens is 3. The van der Waals surface area contributed by atoms with Crippen LogP contribution in [0, 0.1) is 53.3 Å². The number of aromatic amines is 2. The van der Waals surface area contributed by atoms with Gasteiger partial charge >= 0.3 is 0 Å². The Hall–Kier alpha value is -10.9. The van der Waals surface area contributed by atoms with Crippen LogP contribution in [0.1, 0.15) is 232 Å². The molecule has 0 spiro atoms. The summed E-state index contributed by atoms with van der Waals surface area (Å²) in [6.07, 6.45) is 7.36. The highest BCUT2D eigenvalue weighted by Gasteiger charge is 2.41. The van der Waals surface area contributed by atoms with Crippen molar-refractivity contribution in [2.24, 2.45) is 76.2 Å². The molecule has 0 radical (unpaired) electrons. The first-order valence-corrected chi connectivity index (χ1v) is 46.0. The van der Waals surface area contributed by atoms with Crippen molar-refractivity contribution in [3.05, 3.63) is 90.1 Å². The maximum atomic E-state index is 15.1. The van der Waals surface area contributed by atoms with Gasteiger partial charge in [0.2, 0.25) is 88.6 Å². The first-order valence-electron chi connectivity index (χ1n) is 46.0. The summed E-state index contributed by atoms with van der Waals surface area (Å²) in [5.74, 6) is -13.5. The van der Waals surface area contributed by atoms with Crippen LogP contribution in [0.15, 0.2) is 73.3 Å². The number of imidazole rings is 1. The van der Waals surface area contributed by atoms with Crippen LogP contribution in [0.2, 0.25) is 0 Å². The van der Waals surface area contributed by atoms with Gasteiger partial charge in [0.1, 0.15) is 84.6 Å². The van der Waals surface area contributed by atoms with Gasteiger partial charge in [-0.25, -0.2) is 4.98 Å². The molecule has 2 aromatic heterocycles. The Labute approximate surface area is 761 Å². The maximum Gasteiger partial charge on any atom is 0.243 e. The largest absolute Gasteiger partial charge is 0.368 e. The minimum Gasteiger partial charge on any atom is -0.368 e. The third kappa shape index (κ3) is 38.8. The highest BCUT2D eigenvalue weighted by Crippen LogP contribution is 2.23. The number of H-pyrrole nitrogens is 2. The summed E-state index contributed by atoms with van der Waals surface area (Å²) >= 11 is 0. The SMILES string of the molecule is CC[C@H](C)[C@H](NC(=O)[C@H](CCCCN)NC(=O)[C@H](CC(C)C)NC(=O)[C@H](Cc1ccccc1)NC(=O)[C@H](CC(C)C)NC(=O)[C@H](Cc1cnc[nH]1)NC(=O)[C@H](Cc1c[nH]c2ccccc12)NC(=O)[C@@H](N)CC(C)C)C(=O)N[C@@H](CC(C)C)C(=O)N[C@@H](C)C(=O)N[C@H](C(=O)N[C@@H](CC(C)C)C(=O)N[C@@H](CCCCN)C(=O)N[C@H](C(=O)N[C@@H](CC(C)C)C(N)=O)C(C)C)C(C)C. The van der Waals surface area contributed by atoms with Crippen molar-refractivity contribution >= 4 is 99.5 Å². The van der Waals surface area contributed by atoms with Crippen molar-refractivity contribution in [1.82, 2.24) is 89.4 Å². The Kier molecular flexibility index (Phi) is 47.8. The highest BCUT2D eigenvalue weighted by atomic mass is 16.2. The summed E-state index contributed by atoms with van der Waals surface area (Å²) in [4.78, 5) is 226. The van der Waals surface area contributed by atoms with Crippen LogP contribution in [-0.2, 0) is 91.2 Å². The Balaban J connectivity index is 1.58. The summed E-state index contributed by atoms with van der Waals surface area (Å²) in [6.45, 7) is 34.4. The van der Waals surface area contributed by atoms with E-state index in [2.05, 4.69) is 89.4 Å². The second-order valence-electron chi connectivity index (χ2n) is 37.6. The predicted octanol–water partition coefficient (Wildman–Crippen LogP) is 3.43. The van der Waals surface area contributed by atoms with Gasteiger partial charge < -0.3 is 107 Å². The number of hydrogen-bond acceptors (Lipinski definition) is 19. The second-order valence-corrected chi connectivity index (χ2v) is 37.6. The Morgan fingerprint density at radius 1 is 0.349 bits per heavy atom. The zero-order valence-electron chi connectivity index (χ0n) is 79.4. The Bertz CT molecular complexity index is 4250. The quantitative estimate of drug-likeness (QED) is 0.0282. The molecule has 0 bridgehead atoms. The van der Waals surface area contributed by atoms with Gasteiger partial charge in [-0.15, -0.1) is 0 Å². The standard InChI is InChI=1S/C93H153N21O15/c1-20-58(18)78(93(129)111-69(40-52(6)7)84(120)101-59(19)80(116)112-76(56(14)15)92(128)110-72(43-55(12)13)86(122)102-66(34-26-28-36-94)82(118)113-77(57(16)17)91(127)104-68(79(97)115)39-51(4)5)114-83(119)67(35-27-29-37-95)103-85(121)70(41-53(8)9)106-88(124)73(44-60-30-22-21-23-31-60)108-87(123)71(42-54(10)11)107-90(126)75(46-62-48-98-49-100-62)109-89(125)74(105-81(117)64(96)38-50(2)3)45-61-47-99-65-33-25-24-32-63(61)65/h21-25,30-33,47-59,64,66-78,99H,20,26-29,34-46,94-96H2,1-19H3,(H2,97,115)(H,98,100)(H,101,120)(H,102,122)(H,103,121)(H,104,127)(H,105,117)(H,106,124)(H,107,126)(H,108,123)(H,109,125)(H,110,128)(H,111,129)(H,112,116)(H,113,118)(H,114,119)/t58-,59-,64-,66-,67-,68-,69-,70-,71-,72-,73-,74-,75-,76-,77-,78-/m0/s1. The van der Waals surface area contributed by atoms with Crippen LogP contribution < -0.4 is 97.4 Å². The molecule has 16 atom stereocenters. The van der Waals surface area contributed by atoms with Gasteiger partial charge in [0.25, 0.3) is 0 Å². The molecule has 0 saturated carbocycles. The first-order chi connectivity index (χ1) is 60.8. The molecule has 0 fully saturated rings. The average Bonchev–Trinajstić information content (AvgIpc) is 1.69. The molecule has 0 saturated heterocycles. The number of rotatable bonds is 59. The van der Waals surface area contributed by atoms with Gasteiger partial charge in [-0.2, -0.15) is 0 Å². The Morgan fingerprint density at radius 3 is 1.12 bits per heavy atom. The molecule has 2 heterocycles. The van der Waals surface area contributed by atoms with Crippen molar-refractivity contribution in [2.75, 3.05) is 13.1 Å². The molecule has 2 aromatic carbocycles. The summed E-state index contributed by atoms with van der Waals surface area (Å²) in [7, 11) is 0. The predicted molar refractivity (Wildman–Crippen MR) is 496 cm³/mol. The number of unbranched alkanes of at least 4 members (excludes halogenated alkanes) is 2. The molecular weight excluding hydrogens is 1650 g/mol. The zero-order valence-corrected chi connectivity index (χ0v) is 79.4. The van der Waals surface area contributed by atoms with E-state index < -0.39 is 197 Å². The van der Waals surface area contributed by atoms with Crippen LogP contribution in [0.25, 0.3) is 10.9 Å². The van der Waals surface area contributed by atoms with Gasteiger partial charge in [0, 0.05) is 48.3 Å². The van der Waals surface area contributed by atoms with Crippen LogP contribution in [0.5, 0.6) is 0 Å². The van der Waals surface area contributed by atoms with Crippen LogP contribution in [0.4, 0.5) is 0 Å². The topological polar surface area (TPSA) is 573 Å². The van der Waals surface area contributed by atoms with E-state index in [0.717, 1.165) is 10.9 Å². The van der Waals surface area contributed by atoms with Crippen molar-refractivity contribution in [2.45, 2.75) is 325 Å². The normalized spacial score (nSPS) is 15.4. The minimum atomic E-state index is -1.39. The number of primary amides is 1. The molecule has 0 unspecified atom stereocenters. The van der Waals surface area contributed by atoms with E-state index in [-0.39, 0.29) is 106 Å². The summed E-state index contributed by atoms with van der Waals surface area (Å²) in [6, 6.07) is -2.46. The average molecular weight is 1810 g/mol. The van der Waals surface area contributed by atoms with E-state index in [0.29, 0.717) is 61.9 Å². The van der Waals surface area contributed by atoms with E-state index in [1.807, 2.05) is 107 Å². The fraction of sp³-hybridized carbons (Fsp3) is 0.656. The molecule has 15 amide bonds. The lowest BCUT2D eigenvalue weighted by atomic mass is 9.95. The molecule has 0 aliphatic rings. The molecular formula is C93H153N21O15. The number of amides is 15. The number of carbonyl (C=O) groups is 15. The molecule has 36 nitrogen and oxygen atoms in total. The third-order valence-electron chi connectivity index (χ3n) is 22.2. The zero-order chi connectivity index (χ0) is 96.6. The number of benzene rings is 2. The van der Waals surface area contributed by atoms with Crippen molar-refractivity contribution < 1.29 is 71.9 Å². The lowest BCUT2D eigenvalue weighted by Crippen LogP contribution is -2.62. The van der Waals surface area contributed by atoms with E-state index in [4.69, 9.17) is 22.9 Å². The first kappa shape index (κ1) is 110. The molecule has 0 aliphatic carbocycles. The smallest absolute Gasteiger partial charge is 0.243 e. The number of para-hydroxylation sites is 1. The fourth-order valence-electron chi connectivity index (χ4n) is 14.9. The highest BCUT2D eigenvalue weighted by molar-refractivity contribution is 6.01. The maximum absolute atomic E-state index is 15.1.